The van der Waals surface area contributed by atoms with E-state index in [0.717, 1.165) is 18.8 Å². The van der Waals surface area contributed by atoms with E-state index >= 15 is 0 Å². The average molecular weight is 211 g/mol. The number of rotatable bonds is 8. The number of hydrogen-bond acceptors (Lipinski definition) is 4. The summed E-state index contributed by atoms with van der Waals surface area (Å²) in [7, 11) is 0. The monoisotopic (exact) mass is 211 g/mol. The van der Waals surface area contributed by atoms with E-state index in [1.54, 1.807) is 0 Å². The fraction of sp³-hybridized carbons (Fsp3) is 0.900. The molecule has 0 aromatic carbocycles. The zero-order valence-electron chi connectivity index (χ0n) is 9.66. The molecule has 0 bridgehead atoms. The van der Waals surface area contributed by atoms with E-state index in [0.29, 0.717) is 6.04 Å². The van der Waals surface area contributed by atoms with Gasteiger partial charge in [0, 0.05) is 19.0 Å². The predicted octanol–water partition coefficient (Wildman–Crippen LogP) is 1.30. The number of tetrazole rings is 1. The average Bonchev–Trinajstić information content (AvgIpc) is 2.71. The molecule has 2 N–H and O–H groups in total. The second kappa shape index (κ2) is 7.34. The third-order valence-electron chi connectivity index (χ3n) is 2.47. The van der Waals surface area contributed by atoms with Crippen molar-refractivity contribution >= 4 is 0 Å². The summed E-state index contributed by atoms with van der Waals surface area (Å²) in [4.78, 5) is 0. The Kier molecular flexibility index (Phi) is 5.92. The van der Waals surface area contributed by atoms with E-state index in [1.807, 2.05) is 0 Å². The molecule has 0 aliphatic carbocycles. The highest BCUT2D eigenvalue weighted by Gasteiger charge is 2.02. The predicted molar refractivity (Wildman–Crippen MR) is 59.5 cm³/mol. The lowest BCUT2D eigenvalue weighted by atomic mass is 10.1. The molecule has 1 aromatic rings. The molecule has 0 radical (unpaired) electrons. The molecule has 15 heavy (non-hydrogen) atoms. The number of H-pyrrole nitrogens is 1. The largest absolute Gasteiger partial charge is 0.314 e. The first-order valence-corrected chi connectivity index (χ1v) is 5.78. The zero-order valence-corrected chi connectivity index (χ0v) is 9.66. The standard InChI is InChI=1S/C10H21N5/c1-3-4-5-6-9(2)11-8-7-10-12-14-15-13-10/h9,11H,3-8H2,1-2H3,(H,12,13,14,15). The lowest BCUT2D eigenvalue weighted by Crippen LogP contribution is -2.28. The Balaban J connectivity index is 1.99. The first-order chi connectivity index (χ1) is 7.33. The van der Waals surface area contributed by atoms with Gasteiger partial charge in [-0.2, -0.15) is 5.21 Å². The fourth-order valence-corrected chi connectivity index (χ4v) is 1.52. The summed E-state index contributed by atoms with van der Waals surface area (Å²) < 4.78 is 0. The molecule has 0 saturated heterocycles. The number of nitrogens with one attached hydrogen (secondary N) is 2. The van der Waals surface area contributed by atoms with Crippen LogP contribution in [0, 0.1) is 0 Å². The number of aromatic nitrogens is 4. The minimum Gasteiger partial charge on any atom is -0.314 e. The molecule has 0 fully saturated rings. The van der Waals surface area contributed by atoms with Crippen LogP contribution in [0.15, 0.2) is 0 Å². The van der Waals surface area contributed by atoms with Crippen molar-refractivity contribution in [3.05, 3.63) is 5.82 Å². The Morgan fingerprint density at radius 3 is 2.93 bits per heavy atom. The molecule has 0 amide bonds. The van der Waals surface area contributed by atoms with E-state index in [9.17, 15) is 0 Å². The Labute approximate surface area is 91.0 Å². The van der Waals surface area contributed by atoms with E-state index in [1.165, 1.54) is 25.7 Å². The highest BCUT2D eigenvalue weighted by molar-refractivity contribution is 4.77. The van der Waals surface area contributed by atoms with Crippen LogP contribution < -0.4 is 5.32 Å². The highest BCUT2D eigenvalue weighted by Crippen LogP contribution is 2.02. The minimum atomic E-state index is 0.587. The van der Waals surface area contributed by atoms with Gasteiger partial charge in [0.15, 0.2) is 5.82 Å². The molecular formula is C10H21N5. The van der Waals surface area contributed by atoms with Gasteiger partial charge in [-0.1, -0.05) is 31.4 Å². The van der Waals surface area contributed by atoms with Gasteiger partial charge in [0.1, 0.15) is 0 Å². The summed E-state index contributed by atoms with van der Waals surface area (Å²) in [6, 6.07) is 0.587. The third kappa shape index (κ3) is 5.47. The van der Waals surface area contributed by atoms with Gasteiger partial charge >= 0.3 is 0 Å². The Morgan fingerprint density at radius 2 is 2.27 bits per heavy atom. The van der Waals surface area contributed by atoms with Crippen molar-refractivity contribution in [2.24, 2.45) is 0 Å². The molecular weight excluding hydrogens is 190 g/mol. The van der Waals surface area contributed by atoms with E-state index in [-0.39, 0.29) is 0 Å². The summed E-state index contributed by atoms with van der Waals surface area (Å²) >= 11 is 0. The SMILES string of the molecule is CCCCCC(C)NCCc1nn[nH]n1. The molecule has 0 aliphatic heterocycles. The van der Waals surface area contributed by atoms with Crippen LogP contribution >= 0.6 is 0 Å². The first-order valence-electron chi connectivity index (χ1n) is 5.78. The smallest absolute Gasteiger partial charge is 0.175 e. The second-order valence-electron chi connectivity index (χ2n) is 3.93. The maximum Gasteiger partial charge on any atom is 0.175 e. The molecule has 1 unspecified atom stereocenters. The van der Waals surface area contributed by atoms with Gasteiger partial charge in [-0.05, 0) is 13.3 Å². The maximum atomic E-state index is 3.90. The van der Waals surface area contributed by atoms with E-state index < -0.39 is 0 Å². The topological polar surface area (TPSA) is 66.5 Å². The van der Waals surface area contributed by atoms with Crippen molar-refractivity contribution in [1.82, 2.24) is 25.9 Å². The van der Waals surface area contributed by atoms with Crippen molar-refractivity contribution in [2.45, 2.75) is 52.0 Å². The van der Waals surface area contributed by atoms with Gasteiger partial charge in [0.2, 0.25) is 0 Å². The van der Waals surface area contributed by atoms with Crippen molar-refractivity contribution in [3.8, 4) is 0 Å². The fourth-order valence-electron chi connectivity index (χ4n) is 1.52. The molecule has 1 rings (SSSR count). The molecule has 1 heterocycles. The Bertz CT molecular complexity index is 234. The van der Waals surface area contributed by atoms with Crippen LogP contribution in [0.4, 0.5) is 0 Å². The molecule has 86 valence electrons. The minimum absolute atomic E-state index is 0.587. The third-order valence-corrected chi connectivity index (χ3v) is 2.47. The van der Waals surface area contributed by atoms with Crippen LogP contribution in [0.1, 0.15) is 45.4 Å². The van der Waals surface area contributed by atoms with Gasteiger partial charge in [0.05, 0.1) is 0 Å². The molecule has 0 spiro atoms. The van der Waals surface area contributed by atoms with Crippen LogP contribution in [-0.2, 0) is 6.42 Å². The van der Waals surface area contributed by atoms with Crippen LogP contribution in [0.5, 0.6) is 0 Å². The summed E-state index contributed by atoms with van der Waals surface area (Å²) in [5.41, 5.74) is 0. The molecule has 1 atom stereocenters. The highest BCUT2D eigenvalue weighted by atomic mass is 15.5. The first kappa shape index (κ1) is 12.1. The van der Waals surface area contributed by atoms with Crippen LogP contribution in [0.2, 0.25) is 0 Å². The van der Waals surface area contributed by atoms with Gasteiger partial charge in [-0.15, -0.1) is 10.2 Å². The van der Waals surface area contributed by atoms with Gasteiger partial charge in [0.25, 0.3) is 0 Å². The van der Waals surface area contributed by atoms with Crippen LogP contribution in [-0.4, -0.2) is 33.2 Å². The van der Waals surface area contributed by atoms with Crippen molar-refractivity contribution in [2.75, 3.05) is 6.54 Å². The van der Waals surface area contributed by atoms with Crippen molar-refractivity contribution < 1.29 is 0 Å². The van der Waals surface area contributed by atoms with Crippen molar-refractivity contribution in [1.29, 1.82) is 0 Å². The lowest BCUT2D eigenvalue weighted by Gasteiger charge is -2.12. The maximum absolute atomic E-state index is 3.90. The Hall–Kier alpha value is -0.970. The number of nitrogens with zero attached hydrogens (tertiary/aromatic N) is 3. The molecule has 5 nitrogen and oxygen atoms in total. The number of unbranched alkanes of at least 4 members (excludes halogenated alkanes) is 2. The Morgan fingerprint density at radius 1 is 1.40 bits per heavy atom. The summed E-state index contributed by atoms with van der Waals surface area (Å²) in [6.45, 7) is 5.38. The quantitative estimate of drug-likeness (QED) is 0.636. The summed E-state index contributed by atoms with van der Waals surface area (Å²) in [5.74, 6) is 0.781. The van der Waals surface area contributed by atoms with E-state index in [4.69, 9.17) is 0 Å². The van der Waals surface area contributed by atoms with E-state index in [2.05, 4.69) is 39.8 Å². The normalized spacial score (nSPS) is 12.9. The van der Waals surface area contributed by atoms with Crippen LogP contribution in [0.25, 0.3) is 0 Å². The number of hydrogen-bond donors (Lipinski definition) is 2. The summed E-state index contributed by atoms with van der Waals surface area (Å²) in [5, 5.41) is 17.2. The van der Waals surface area contributed by atoms with Crippen LogP contribution in [0.3, 0.4) is 0 Å². The summed E-state index contributed by atoms with van der Waals surface area (Å²) in [6.07, 6.45) is 6.02. The van der Waals surface area contributed by atoms with Gasteiger partial charge in [-0.25, -0.2) is 0 Å². The second-order valence-corrected chi connectivity index (χ2v) is 3.93. The van der Waals surface area contributed by atoms with Crippen molar-refractivity contribution in [3.63, 3.8) is 0 Å². The molecule has 0 aliphatic rings. The zero-order chi connectivity index (χ0) is 10.9. The number of aromatic amines is 1. The molecule has 1 aromatic heterocycles. The lowest BCUT2D eigenvalue weighted by molar-refractivity contribution is 0.488. The van der Waals surface area contributed by atoms with Gasteiger partial charge in [-0.3, -0.25) is 0 Å². The molecule has 0 saturated carbocycles. The molecule has 5 heteroatoms. The van der Waals surface area contributed by atoms with Gasteiger partial charge < -0.3 is 5.32 Å².